The van der Waals surface area contributed by atoms with Gasteiger partial charge in [0, 0.05) is 4.47 Å². The van der Waals surface area contributed by atoms with Crippen molar-refractivity contribution in [3.63, 3.8) is 0 Å². The SMILES string of the molecule is O=C(O/C=C(\[I-])c1ccc(Br)cc1)c1ccccc1. The van der Waals surface area contributed by atoms with Gasteiger partial charge < -0.3 is 27.3 Å². The summed E-state index contributed by atoms with van der Waals surface area (Å²) in [5.74, 6) is -0.355. The summed E-state index contributed by atoms with van der Waals surface area (Å²) in [4.78, 5) is 11.8. The van der Waals surface area contributed by atoms with Crippen LogP contribution in [0.1, 0.15) is 15.9 Å². The molecule has 0 saturated heterocycles. The van der Waals surface area contributed by atoms with Crippen LogP contribution in [0.15, 0.2) is 65.3 Å². The van der Waals surface area contributed by atoms with E-state index in [0.29, 0.717) is 5.56 Å². The van der Waals surface area contributed by atoms with Crippen LogP contribution < -0.4 is 22.6 Å². The van der Waals surface area contributed by atoms with Crippen LogP contribution in [-0.4, -0.2) is 5.97 Å². The van der Waals surface area contributed by atoms with Gasteiger partial charge in [0.15, 0.2) is 0 Å². The van der Waals surface area contributed by atoms with Gasteiger partial charge in [0.1, 0.15) is 0 Å². The fraction of sp³-hybridized carbons (Fsp3) is 0. The number of carbonyl (C=O) groups excluding carboxylic acids is 1. The number of halogens is 2. The fourth-order valence-electron chi connectivity index (χ4n) is 1.42. The van der Waals surface area contributed by atoms with Crippen LogP contribution in [0.3, 0.4) is 0 Å². The number of benzene rings is 2. The molecule has 0 atom stereocenters. The molecule has 0 aliphatic heterocycles. The highest BCUT2D eigenvalue weighted by Crippen LogP contribution is 2.13. The molecular weight excluding hydrogens is 419 g/mol. The number of carbonyl (C=O) groups is 1. The molecule has 1 radical (unpaired) electrons. The van der Waals surface area contributed by atoms with E-state index in [0.717, 1.165) is 13.6 Å². The van der Waals surface area contributed by atoms with E-state index in [1.807, 2.05) is 30.3 Å². The zero-order chi connectivity index (χ0) is 13.7. The molecule has 0 bridgehead atoms. The summed E-state index contributed by atoms with van der Waals surface area (Å²) >= 11 is 5.52. The van der Waals surface area contributed by atoms with E-state index in [1.54, 1.807) is 24.3 Å². The third-order valence-corrected chi connectivity index (χ3v) is 3.80. The first-order chi connectivity index (χ1) is 9.16. The minimum Gasteiger partial charge on any atom is -0.755 e. The molecule has 0 aliphatic rings. The first-order valence-corrected chi connectivity index (χ1v) is 7.41. The van der Waals surface area contributed by atoms with Crippen LogP contribution in [0.4, 0.5) is 0 Å². The van der Waals surface area contributed by atoms with E-state index in [9.17, 15) is 4.79 Å². The van der Waals surface area contributed by atoms with Gasteiger partial charge >= 0.3 is 5.97 Å². The number of rotatable bonds is 3. The molecule has 0 saturated carbocycles. The summed E-state index contributed by atoms with van der Waals surface area (Å²) in [7, 11) is 0. The largest absolute Gasteiger partial charge is 0.755 e. The second-order valence-electron chi connectivity index (χ2n) is 3.74. The Labute approximate surface area is 133 Å². The fourth-order valence-corrected chi connectivity index (χ4v) is 2.18. The van der Waals surface area contributed by atoms with Gasteiger partial charge in [-0.15, -0.1) is 3.58 Å². The quantitative estimate of drug-likeness (QED) is 0.416. The molecule has 0 heterocycles. The normalized spacial score (nSPS) is 11.2. The van der Waals surface area contributed by atoms with Crippen molar-refractivity contribution >= 4 is 25.5 Å². The third-order valence-electron chi connectivity index (χ3n) is 2.40. The average Bonchev–Trinajstić information content (AvgIpc) is 2.46. The standard InChI is InChI=1S/C15H10BrIO2/c16-13-8-6-11(7-9-13)14(17)10-19-15(18)12-4-2-1-3-5-12/h1-10H/q-1/b14-10-. The lowest BCUT2D eigenvalue weighted by molar-refractivity contribution is -0.245. The maximum atomic E-state index is 11.8. The van der Waals surface area contributed by atoms with Crippen molar-refractivity contribution in [1.82, 2.24) is 0 Å². The highest BCUT2D eigenvalue weighted by Gasteiger charge is 2.03. The molecule has 0 amide bonds. The molecule has 2 nitrogen and oxygen atoms in total. The van der Waals surface area contributed by atoms with Crippen molar-refractivity contribution < 1.29 is 32.1 Å². The van der Waals surface area contributed by atoms with E-state index in [-0.39, 0.29) is 5.97 Å². The highest BCUT2D eigenvalue weighted by molar-refractivity contribution is 9.10. The van der Waals surface area contributed by atoms with Crippen molar-refractivity contribution in [3.05, 3.63) is 76.5 Å². The maximum absolute atomic E-state index is 11.8. The summed E-state index contributed by atoms with van der Waals surface area (Å²) in [6.07, 6.45) is 1.47. The van der Waals surface area contributed by atoms with Gasteiger partial charge in [-0.25, -0.2) is 4.79 Å². The average molecular weight is 429 g/mol. The minimum atomic E-state index is -0.355. The van der Waals surface area contributed by atoms with Crippen molar-refractivity contribution in [2.24, 2.45) is 0 Å². The van der Waals surface area contributed by atoms with Crippen LogP contribution >= 0.6 is 15.9 Å². The Morgan fingerprint density at radius 1 is 1.00 bits per heavy atom. The van der Waals surface area contributed by atoms with Crippen LogP contribution in [0.25, 0.3) is 3.58 Å². The van der Waals surface area contributed by atoms with Crippen LogP contribution in [0, 0.1) is 0 Å². The number of hydrogen-bond donors (Lipinski definition) is 0. The summed E-state index contributed by atoms with van der Waals surface area (Å²) < 4.78 is 7.04. The van der Waals surface area contributed by atoms with Crippen molar-refractivity contribution in [2.45, 2.75) is 0 Å². The predicted molar refractivity (Wildman–Crippen MR) is 74.0 cm³/mol. The summed E-state index contributed by atoms with van der Waals surface area (Å²) in [5.41, 5.74) is 1.54. The molecule has 2 aromatic rings. The first-order valence-electron chi connectivity index (χ1n) is 5.54. The Kier molecular flexibility index (Phi) is 5.15. The third kappa shape index (κ3) is 4.18. The lowest BCUT2D eigenvalue weighted by Crippen LogP contribution is -3.32. The van der Waals surface area contributed by atoms with Crippen LogP contribution in [-0.2, 0) is 4.74 Å². The Balaban J connectivity index is 2.06. The summed E-state index contributed by atoms with van der Waals surface area (Å²) in [5, 5.41) is 0. The van der Waals surface area contributed by atoms with E-state index < -0.39 is 0 Å². The van der Waals surface area contributed by atoms with Gasteiger partial charge in [0.25, 0.3) is 0 Å². The molecule has 0 aromatic heterocycles. The molecule has 2 rings (SSSR count). The molecule has 97 valence electrons. The molecule has 0 fully saturated rings. The summed E-state index contributed by atoms with van der Waals surface area (Å²) in [6, 6.07) is 16.7. The smallest absolute Gasteiger partial charge is 0.342 e. The lowest BCUT2D eigenvalue weighted by Gasteiger charge is -2.12. The van der Waals surface area contributed by atoms with Crippen LogP contribution in [0.2, 0.25) is 0 Å². The monoisotopic (exact) mass is 428 g/mol. The van der Waals surface area contributed by atoms with E-state index in [4.69, 9.17) is 4.74 Å². The van der Waals surface area contributed by atoms with Gasteiger partial charge in [-0.2, -0.15) is 0 Å². The van der Waals surface area contributed by atoms with Gasteiger partial charge in [0.2, 0.25) is 0 Å². The van der Waals surface area contributed by atoms with Crippen molar-refractivity contribution in [1.29, 1.82) is 0 Å². The van der Waals surface area contributed by atoms with E-state index >= 15 is 0 Å². The molecule has 0 N–H and O–H groups in total. The predicted octanol–water partition coefficient (Wildman–Crippen LogP) is 1.16. The zero-order valence-electron chi connectivity index (χ0n) is 9.85. The highest BCUT2D eigenvalue weighted by atomic mass is 127. The van der Waals surface area contributed by atoms with Crippen LogP contribution in [0.5, 0.6) is 0 Å². The van der Waals surface area contributed by atoms with E-state index in [1.165, 1.54) is 6.26 Å². The molecule has 0 unspecified atom stereocenters. The zero-order valence-corrected chi connectivity index (χ0v) is 13.6. The number of ether oxygens (including phenoxy) is 1. The molecule has 19 heavy (non-hydrogen) atoms. The van der Waals surface area contributed by atoms with Gasteiger partial charge in [-0.3, -0.25) is 0 Å². The maximum Gasteiger partial charge on any atom is 0.342 e. The van der Waals surface area contributed by atoms with Gasteiger partial charge in [-0.05, 0) is 29.8 Å². The molecule has 4 heteroatoms. The van der Waals surface area contributed by atoms with Gasteiger partial charge in [0.05, 0.1) is 11.8 Å². The second-order valence-corrected chi connectivity index (χ2v) is 5.82. The Bertz CT molecular complexity index is 591. The first kappa shape index (κ1) is 14.3. The molecule has 0 spiro atoms. The number of esters is 1. The molecular formula is C15H10BrIO2-. The summed E-state index contributed by atoms with van der Waals surface area (Å²) in [6.45, 7) is 0. The van der Waals surface area contributed by atoms with Crippen molar-refractivity contribution in [3.8, 4) is 0 Å². The topological polar surface area (TPSA) is 26.3 Å². The minimum absolute atomic E-state index is 0.355. The van der Waals surface area contributed by atoms with E-state index in [2.05, 4.69) is 38.5 Å². The molecule has 0 aliphatic carbocycles. The number of hydrogen-bond acceptors (Lipinski definition) is 2. The Morgan fingerprint density at radius 2 is 1.63 bits per heavy atom. The Hall–Kier alpha value is -1.14. The lowest BCUT2D eigenvalue weighted by atomic mass is 10.2. The van der Waals surface area contributed by atoms with Crippen molar-refractivity contribution in [2.75, 3.05) is 0 Å². The Morgan fingerprint density at radius 3 is 2.26 bits per heavy atom. The molecule has 2 aromatic carbocycles. The van der Waals surface area contributed by atoms with Gasteiger partial charge in [-0.1, -0.05) is 46.3 Å². The second kappa shape index (κ2) is 6.86.